The van der Waals surface area contributed by atoms with Crippen molar-refractivity contribution in [2.45, 2.75) is 101 Å². The third-order valence-corrected chi connectivity index (χ3v) is 17.2. The van der Waals surface area contributed by atoms with E-state index in [-0.39, 0.29) is 101 Å². The zero-order valence-electron chi connectivity index (χ0n) is 48.0. The van der Waals surface area contributed by atoms with Gasteiger partial charge in [-0.05, 0) is 67.3 Å². The van der Waals surface area contributed by atoms with Crippen LogP contribution in [0.2, 0.25) is 0 Å². The Morgan fingerprint density at radius 3 is 2.24 bits per heavy atom. The van der Waals surface area contributed by atoms with Crippen molar-refractivity contribution in [3.63, 3.8) is 0 Å². The molecule has 6 heterocycles. The number of aryl methyl sites for hydroxylation is 1. The molecule has 8 N–H and O–H groups in total. The van der Waals surface area contributed by atoms with Crippen molar-refractivity contribution < 1.29 is 52.1 Å². The van der Waals surface area contributed by atoms with Gasteiger partial charge in [0.05, 0.1) is 84.6 Å². The lowest BCUT2D eigenvalue weighted by Gasteiger charge is -2.44. The summed E-state index contributed by atoms with van der Waals surface area (Å²) in [6.45, 7) is 9.40. The molecule has 2 saturated carbocycles. The quantitative estimate of drug-likeness (QED) is 0.0392. The predicted molar refractivity (Wildman–Crippen MR) is 311 cm³/mol. The molecule has 6 aromatic rings. The zero-order chi connectivity index (χ0) is 60.2. The second-order valence-electron chi connectivity index (χ2n) is 23.4. The van der Waals surface area contributed by atoms with Crippen molar-refractivity contribution in [1.29, 1.82) is 0 Å². The Bertz CT molecular complexity index is 3410. The van der Waals surface area contributed by atoms with Crippen molar-refractivity contribution in [2.75, 3.05) is 84.1 Å². The van der Waals surface area contributed by atoms with Crippen LogP contribution >= 0.6 is 11.3 Å². The standard InChI is InChI=1S/C59H72F2N14O9S/c1-35-49(85-34-66-35)38-9-5-36(6-10-38)42(59(55(62)81)27-41(76)31-75(59)54(80)50(57(2,3)4)71-56(82)58(61)13-14-58)26-47(77)63-15-21-83-23-24-84-22-16-64-48(78)33-72-17-19-73(20-18-72)53(79)39-11-12-44(43(60)25-39)69-51-52-65-30-46(40-28-67-68-29-40)74(52)32-45(70-51)37-7-8-37/h5-6,9-12,25,28-30,32,34,37,41-42,50,76H,7-8,13-24,26-27,31,33H2,1-4H3,(H2,62,81)(H,63,77)(H,64,78)(H,67,68)(H,69,70)(H,71,82)/t41?,42-,50+,59?/m0/s1. The van der Waals surface area contributed by atoms with Gasteiger partial charge in [-0.25, -0.2) is 23.7 Å². The number of benzene rings is 2. The first-order valence-electron chi connectivity index (χ1n) is 28.7. The number of imidazole rings is 1. The number of aliphatic hydroxyl groups is 1. The summed E-state index contributed by atoms with van der Waals surface area (Å²) in [5.41, 5.74) is 8.60. The number of nitrogens with two attached hydrogens (primary N) is 1. The van der Waals surface area contributed by atoms with E-state index in [4.69, 9.17) is 20.2 Å². The number of nitrogens with one attached hydrogen (secondary N) is 5. The van der Waals surface area contributed by atoms with Crippen LogP contribution in [-0.4, -0.2) is 187 Å². The Hall–Kier alpha value is -7.78. The van der Waals surface area contributed by atoms with Crippen LogP contribution in [0, 0.1) is 18.2 Å². The second-order valence-corrected chi connectivity index (χ2v) is 24.3. The third kappa shape index (κ3) is 13.7. The number of likely N-dealkylation sites (tertiary alicyclic amines) is 1. The highest BCUT2D eigenvalue weighted by Gasteiger charge is 2.60. The molecule has 4 fully saturated rings. The molecule has 2 aliphatic carbocycles. The number of thiazole rings is 1. The number of carbonyl (C=O) groups is 6. The molecule has 23 nitrogen and oxygen atoms in total. The first kappa shape index (κ1) is 60.3. The first-order chi connectivity index (χ1) is 40.7. The Morgan fingerprint density at radius 2 is 1.62 bits per heavy atom. The SMILES string of the molecule is Cc1ncsc1-c1ccc([C@H](CC(=O)NCCOCCOCCNC(=O)CN2CCN(C(=O)c3ccc(Nc4nc(C5CC5)cn5c(-c6cn[nH]c6)cnc45)c(F)c3)CC2)C2(C(N)=O)CC(O)CN2C(=O)[C@@H](NC(=O)C2(F)CC2)C(C)(C)C)cc1. The summed E-state index contributed by atoms with van der Waals surface area (Å²) in [6, 6.07) is 10.2. The van der Waals surface area contributed by atoms with Gasteiger partial charge >= 0.3 is 0 Å². The van der Waals surface area contributed by atoms with Crippen LogP contribution in [-0.2, 0) is 33.4 Å². The number of β-amino-alcohol motifs (C(OH)–C–C–N with tert-alkyl or cyclic N) is 1. The molecule has 2 aliphatic heterocycles. The minimum Gasteiger partial charge on any atom is -0.391 e. The van der Waals surface area contributed by atoms with E-state index in [1.807, 2.05) is 34.6 Å². The monoisotopic (exact) mass is 1190 g/mol. The molecule has 4 aromatic heterocycles. The van der Waals surface area contributed by atoms with Gasteiger partial charge in [-0.3, -0.25) is 43.2 Å². The molecule has 10 rings (SSSR count). The van der Waals surface area contributed by atoms with Crippen LogP contribution < -0.4 is 27.0 Å². The molecular formula is C59H72F2N14O9S. The number of rotatable bonds is 25. The Morgan fingerprint density at radius 1 is 0.918 bits per heavy atom. The summed E-state index contributed by atoms with van der Waals surface area (Å²) < 4.78 is 44.0. The molecule has 4 atom stereocenters. The number of ether oxygens (including phenoxy) is 2. The average molecular weight is 1190 g/mol. The number of H-pyrrole nitrogens is 1. The Kier molecular flexibility index (Phi) is 18.1. The fourth-order valence-corrected chi connectivity index (χ4v) is 12.0. The second kappa shape index (κ2) is 25.4. The first-order valence-corrected chi connectivity index (χ1v) is 29.5. The summed E-state index contributed by atoms with van der Waals surface area (Å²) in [6.07, 6.45) is 7.42. The maximum absolute atomic E-state index is 15.7. The molecule has 6 amide bonds. The van der Waals surface area contributed by atoms with Gasteiger partial charge in [0.25, 0.3) is 11.8 Å². The molecule has 452 valence electrons. The van der Waals surface area contributed by atoms with E-state index < -0.39 is 64.1 Å². The number of halogens is 2. The van der Waals surface area contributed by atoms with E-state index in [0.29, 0.717) is 49.1 Å². The Labute approximate surface area is 493 Å². The number of aromatic amines is 1. The maximum Gasteiger partial charge on any atom is 0.258 e. The summed E-state index contributed by atoms with van der Waals surface area (Å²) in [5.74, 6) is -4.59. The van der Waals surface area contributed by atoms with E-state index in [1.54, 1.807) is 68.0 Å². The minimum absolute atomic E-state index is 0.0231. The van der Waals surface area contributed by atoms with Gasteiger partial charge in [0, 0.05) is 94.0 Å². The number of hydrogen-bond donors (Lipinski definition) is 7. The summed E-state index contributed by atoms with van der Waals surface area (Å²) >= 11 is 1.45. The number of piperazine rings is 1. The lowest BCUT2D eigenvalue weighted by Crippen LogP contribution is -2.65. The normalized spacial score (nSPS) is 19.4. The number of alkyl halides is 1. The lowest BCUT2D eigenvalue weighted by molar-refractivity contribution is -0.151. The topological polar surface area (TPSA) is 297 Å². The van der Waals surface area contributed by atoms with Crippen molar-refractivity contribution in [2.24, 2.45) is 11.1 Å². The van der Waals surface area contributed by atoms with Gasteiger partial charge in [0.15, 0.2) is 17.1 Å². The number of fused-ring (bicyclic) bond motifs is 1. The molecule has 26 heteroatoms. The van der Waals surface area contributed by atoms with Crippen LogP contribution in [0.3, 0.4) is 0 Å². The number of nitrogens with zero attached hydrogens (tertiary/aromatic N) is 8. The maximum atomic E-state index is 15.7. The Balaban J connectivity index is 0.651. The average Bonchev–Trinajstić information content (AvgIpc) is 1.83. The summed E-state index contributed by atoms with van der Waals surface area (Å²) in [4.78, 5) is 101. The number of aliphatic hydroxyl groups excluding tert-OH is 1. The van der Waals surface area contributed by atoms with E-state index in [2.05, 4.69) is 41.4 Å². The van der Waals surface area contributed by atoms with E-state index in [1.165, 1.54) is 28.4 Å². The number of hydrogen-bond acceptors (Lipinski definition) is 16. The zero-order valence-corrected chi connectivity index (χ0v) is 48.8. The number of amides is 6. The van der Waals surface area contributed by atoms with Crippen LogP contribution in [0.4, 0.5) is 20.3 Å². The number of carbonyl (C=O) groups excluding carboxylic acids is 6. The fourth-order valence-electron chi connectivity index (χ4n) is 11.1. The van der Waals surface area contributed by atoms with Crippen LogP contribution in [0.25, 0.3) is 27.3 Å². The van der Waals surface area contributed by atoms with Crippen molar-refractivity contribution in [3.05, 3.63) is 101 Å². The van der Waals surface area contributed by atoms with Crippen LogP contribution in [0.1, 0.15) is 98.4 Å². The summed E-state index contributed by atoms with van der Waals surface area (Å²) in [7, 11) is 0. The third-order valence-electron chi connectivity index (χ3n) is 16.2. The number of primary amides is 1. The van der Waals surface area contributed by atoms with Gasteiger partial charge in [0.1, 0.15) is 17.4 Å². The predicted octanol–water partition coefficient (Wildman–Crippen LogP) is 4.36. The van der Waals surface area contributed by atoms with Crippen molar-refractivity contribution in [1.82, 2.24) is 60.2 Å². The molecule has 0 spiro atoms. The molecule has 85 heavy (non-hydrogen) atoms. The van der Waals surface area contributed by atoms with Gasteiger partial charge < -0.3 is 51.4 Å². The van der Waals surface area contributed by atoms with Crippen molar-refractivity contribution in [3.8, 4) is 21.7 Å². The van der Waals surface area contributed by atoms with Gasteiger partial charge in [-0.1, -0.05) is 45.0 Å². The summed E-state index contributed by atoms with van der Waals surface area (Å²) in [5, 5.41) is 29.5. The molecule has 2 saturated heterocycles. The van der Waals surface area contributed by atoms with Gasteiger partial charge in [0.2, 0.25) is 23.6 Å². The molecule has 2 unspecified atom stereocenters. The van der Waals surface area contributed by atoms with Crippen LogP contribution in [0.5, 0.6) is 0 Å². The van der Waals surface area contributed by atoms with Crippen LogP contribution in [0.15, 0.2) is 72.8 Å². The van der Waals surface area contributed by atoms with Crippen molar-refractivity contribution >= 4 is 63.9 Å². The van der Waals surface area contributed by atoms with E-state index in [0.717, 1.165) is 45.9 Å². The highest BCUT2D eigenvalue weighted by molar-refractivity contribution is 7.13. The molecule has 0 radical (unpaired) electrons. The smallest absolute Gasteiger partial charge is 0.258 e. The molecular weight excluding hydrogens is 1120 g/mol. The lowest BCUT2D eigenvalue weighted by atomic mass is 9.73. The van der Waals surface area contributed by atoms with E-state index in [9.17, 15) is 38.3 Å². The van der Waals surface area contributed by atoms with Gasteiger partial charge in [-0.2, -0.15) is 5.10 Å². The minimum atomic E-state index is -2.09. The highest BCUT2D eigenvalue weighted by atomic mass is 32.1. The van der Waals surface area contributed by atoms with E-state index >= 15 is 4.39 Å². The fraction of sp³-hybridized carbons (Fsp3) is 0.492. The van der Waals surface area contributed by atoms with Gasteiger partial charge in [-0.15, -0.1) is 11.3 Å². The molecule has 4 aliphatic rings. The number of aromatic nitrogens is 6. The highest BCUT2D eigenvalue weighted by Crippen LogP contribution is 2.47. The molecule has 0 bridgehead atoms. The molecule has 2 aromatic carbocycles. The largest absolute Gasteiger partial charge is 0.391 e. The number of anilines is 2.